The zero-order valence-electron chi connectivity index (χ0n) is 12.6. The SMILES string of the molecule is C=CCn1c(=O)n(CC=C)c(=O)n(Cc2nccn2C(F)F)c1=O. The molecule has 8 nitrogen and oxygen atoms in total. The second-order valence-corrected chi connectivity index (χ2v) is 4.76. The van der Waals surface area contributed by atoms with E-state index in [1.807, 2.05) is 0 Å². The second kappa shape index (κ2) is 7.02. The number of hydrogen-bond acceptors (Lipinski definition) is 4. The van der Waals surface area contributed by atoms with Gasteiger partial charge in [-0.1, -0.05) is 12.2 Å². The van der Waals surface area contributed by atoms with E-state index < -0.39 is 30.2 Å². The molecule has 2 aromatic heterocycles. The summed E-state index contributed by atoms with van der Waals surface area (Å²) in [5.41, 5.74) is -2.67. The molecule has 0 N–H and O–H groups in total. The van der Waals surface area contributed by atoms with Crippen molar-refractivity contribution in [2.45, 2.75) is 26.2 Å². The van der Waals surface area contributed by atoms with Crippen molar-refractivity contribution in [3.8, 4) is 0 Å². The topological polar surface area (TPSA) is 83.8 Å². The first-order valence-corrected chi connectivity index (χ1v) is 6.88. The molecule has 10 heteroatoms. The molecule has 0 aromatic carbocycles. The van der Waals surface area contributed by atoms with Gasteiger partial charge in [0.15, 0.2) is 0 Å². The van der Waals surface area contributed by atoms with Gasteiger partial charge in [0.2, 0.25) is 0 Å². The van der Waals surface area contributed by atoms with Gasteiger partial charge in [-0.05, 0) is 0 Å². The highest BCUT2D eigenvalue weighted by atomic mass is 19.3. The largest absolute Gasteiger partial charge is 0.337 e. The van der Waals surface area contributed by atoms with Gasteiger partial charge in [-0.25, -0.2) is 33.1 Å². The average molecular weight is 339 g/mol. The quantitative estimate of drug-likeness (QED) is 0.674. The van der Waals surface area contributed by atoms with Crippen molar-refractivity contribution in [3.05, 3.63) is 75.0 Å². The third-order valence-electron chi connectivity index (χ3n) is 3.27. The molecule has 0 bridgehead atoms. The van der Waals surface area contributed by atoms with Crippen LogP contribution in [0, 0.1) is 0 Å². The maximum absolute atomic E-state index is 12.9. The summed E-state index contributed by atoms with van der Waals surface area (Å²) in [6, 6.07) is 0. The summed E-state index contributed by atoms with van der Waals surface area (Å²) in [6.07, 6.45) is 4.80. The maximum Gasteiger partial charge on any atom is 0.337 e. The second-order valence-electron chi connectivity index (χ2n) is 4.76. The Morgan fingerprint density at radius 1 is 1.00 bits per heavy atom. The molecule has 24 heavy (non-hydrogen) atoms. The maximum atomic E-state index is 12.9. The lowest BCUT2D eigenvalue weighted by Crippen LogP contribution is -2.54. The Morgan fingerprint density at radius 3 is 1.96 bits per heavy atom. The van der Waals surface area contributed by atoms with Gasteiger partial charge in [0.05, 0.1) is 19.6 Å². The summed E-state index contributed by atoms with van der Waals surface area (Å²) in [7, 11) is 0. The van der Waals surface area contributed by atoms with Crippen LogP contribution in [0.2, 0.25) is 0 Å². The summed E-state index contributed by atoms with van der Waals surface area (Å²) >= 11 is 0. The Kier molecular flexibility index (Phi) is 5.07. The number of imidazole rings is 1. The first-order chi connectivity index (χ1) is 11.4. The summed E-state index contributed by atoms with van der Waals surface area (Å²) in [5, 5.41) is 0. The number of nitrogens with zero attached hydrogens (tertiary/aromatic N) is 5. The molecule has 2 aromatic rings. The van der Waals surface area contributed by atoms with Gasteiger partial charge in [-0.3, -0.25) is 4.57 Å². The van der Waals surface area contributed by atoms with E-state index in [0.717, 1.165) is 21.5 Å². The molecular formula is C14H15F2N5O3. The summed E-state index contributed by atoms with van der Waals surface area (Å²) in [6.45, 7) is 3.28. The van der Waals surface area contributed by atoms with Gasteiger partial charge < -0.3 is 0 Å². The fourth-order valence-electron chi connectivity index (χ4n) is 2.17. The van der Waals surface area contributed by atoms with Crippen molar-refractivity contribution in [2.24, 2.45) is 0 Å². The fourth-order valence-corrected chi connectivity index (χ4v) is 2.17. The Labute approximate surface area is 134 Å². The zero-order valence-corrected chi connectivity index (χ0v) is 12.6. The highest BCUT2D eigenvalue weighted by molar-refractivity contribution is 4.95. The van der Waals surface area contributed by atoms with Crippen LogP contribution in [0.5, 0.6) is 0 Å². The van der Waals surface area contributed by atoms with Crippen LogP contribution in [-0.2, 0) is 19.6 Å². The van der Waals surface area contributed by atoms with E-state index in [1.165, 1.54) is 12.2 Å². The van der Waals surface area contributed by atoms with Crippen molar-refractivity contribution < 1.29 is 8.78 Å². The molecule has 2 heterocycles. The van der Waals surface area contributed by atoms with Crippen LogP contribution in [0.25, 0.3) is 0 Å². The van der Waals surface area contributed by atoms with E-state index >= 15 is 0 Å². The standard InChI is InChI=1S/C14H15F2N5O3/c1-3-6-19-12(22)20(7-4-2)14(24)21(13(19)23)9-10-17-5-8-18(10)11(15)16/h3-5,8,11H,1-2,6-7,9H2. The number of aromatic nitrogens is 5. The molecule has 0 saturated heterocycles. The van der Waals surface area contributed by atoms with Crippen molar-refractivity contribution in [3.63, 3.8) is 0 Å². The summed E-state index contributed by atoms with van der Waals surface area (Å²) in [5.74, 6) is -0.182. The van der Waals surface area contributed by atoms with E-state index in [0.29, 0.717) is 9.13 Å². The molecular weight excluding hydrogens is 324 g/mol. The molecule has 0 amide bonds. The van der Waals surface area contributed by atoms with Gasteiger partial charge in [0.25, 0.3) is 0 Å². The number of halogens is 2. The minimum Gasteiger partial charge on any atom is -0.276 e. The highest BCUT2D eigenvalue weighted by Crippen LogP contribution is 2.12. The van der Waals surface area contributed by atoms with E-state index in [4.69, 9.17) is 0 Å². The molecule has 0 spiro atoms. The highest BCUT2D eigenvalue weighted by Gasteiger charge is 2.18. The van der Waals surface area contributed by atoms with Crippen LogP contribution >= 0.6 is 0 Å². The van der Waals surface area contributed by atoms with Gasteiger partial charge in [0.1, 0.15) is 5.82 Å². The minimum atomic E-state index is -2.87. The van der Waals surface area contributed by atoms with E-state index in [1.54, 1.807) is 0 Å². The smallest absolute Gasteiger partial charge is 0.276 e. The molecule has 0 atom stereocenters. The van der Waals surface area contributed by atoms with E-state index in [2.05, 4.69) is 18.1 Å². The molecule has 0 saturated carbocycles. The number of hydrogen-bond donors (Lipinski definition) is 0. The number of rotatable bonds is 7. The van der Waals surface area contributed by atoms with Crippen LogP contribution in [0.4, 0.5) is 8.78 Å². The first kappa shape index (κ1) is 17.3. The van der Waals surface area contributed by atoms with Crippen molar-refractivity contribution in [1.82, 2.24) is 23.3 Å². The lowest BCUT2D eigenvalue weighted by molar-refractivity contribution is 0.0665. The van der Waals surface area contributed by atoms with Gasteiger partial charge in [-0.2, -0.15) is 8.78 Å². The van der Waals surface area contributed by atoms with Crippen molar-refractivity contribution >= 4 is 0 Å². The third kappa shape index (κ3) is 3.03. The van der Waals surface area contributed by atoms with Gasteiger partial charge in [-0.15, -0.1) is 13.2 Å². The van der Waals surface area contributed by atoms with Gasteiger partial charge in [0, 0.05) is 12.4 Å². The lowest BCUT2D eigenvalue weighted by Gasteiger charge is -2.12. The van der Waals surface area contributed by atoms with Crippen molar-refractivity contribution in [2.75, 3.05) is 0 Å². The normalized spacial score (nSPS) is 11.0. The predicted octanol–water partition coefficient (Wildman–Crippen LogP) is 0.184. The molecule has 0 aliphatic heterocycles. The average Bonchev–Trinajstić information content (AvgIpc) is 3.01. The van der Waals surface area contributed by atoms with Crippen LogP contribution in [0.3, 0.4) is 0 Å². The predicted molar refractivity (Wildman–Crippen MR) is 82.2 cm³/mol. The van der Waals surface area contributed by atoms with Crippen LogP contribution < -0.4 is 17.1 Å². The van der Waals surface area contributed by atoms with Crippen LogP contribution in [0.1, 0.15) is 12.4 Å². The van der Waals surface area contributed by atoms with Crippen molar-refractivity contribution in [1.29, 1.82) is 0 Å². The number of allylic oxidation sites excluding steroid dienone is 2. The first-order valence-electron chi connectivity index (χ1n) is 6.88. The summed E-state index contributed by atoms with van der Waals surface area (Å²) < 4.78 is 28.6. The van der Waals surface area contributed by atoms with E-state index in [-0.39, 0.29) is 18.9 Å². The fraction of sp³-hybridized carbons (Fsp3) is 0.286. The molecule has 0 fully saturated rings. The molecule has 128 valence electrons. The number of alkyl halides is 2. The Hall–Kier alpha value is -3.04. The van der Waals surface area contributed by atoms with Crippen LogP contribution in [0.15, 0.2) is 52.1 Å². The Morgan fingerprint density at radius 2 is 1.50 bits per heavy atom. The van der Waals surface area contributed by atoms with Gasteiger partial charge >= 0.3 is 23.6 Å². The molecule has 0 unspecified atom stereocenters. The molecule has 0 aliphatic carbocycles. The molecule has 0 aliphatic rings. The minimum absolute atomic E-state index is 0.127. The monoisotopic (exact) mass is 339 g/mol. The Bertz CT molecular complexity index is 887. The molecule has 2 rings (SSSR count). The molecule has 0 radical (unpaired) electrons. The third-order valence-corrected chi connectivity index (χ3v) is 3.27. The van der Waals surface area contributed by atoms with E-state index in [9.17, 15) is 23.2 Å². The summed E-state index contributed by atoms with van der Waals surface area (Å²) in [4.78, 5) is 40.7. The van der Waals surface area contributed by atoms with Crippen LogP contribution in [-0.4, -0.2) is 23.3 Å². The lowest BCUT2D eigenvalue weighted by atomic mass is 10.5. The zero-order chi connectivity index (χ0) is 17.9. The Balaban J connectivity index is 2.69.